The Labute approximate surface area is 239 Å². The molecule has 0 radical (unpaired) electrons. The van der Waals surface area contributed by atoms with Crippen molar-refractivity contribution in [3.63, 3.8) is 0 Å². The zero-order valence-electron chi connectivity index (χ0n) is 23.1. The van der Waals surface area contributed by atoms with Gasteiger partial charge in [-0.25, -0.2) is 4.39 Å². The maximum absolute atomic E-state index is 14.1. The number of benzene rings is 2. The second-order valence-electron chi connectivity index (χ2n) is 11.5. The van der Waals surface area contributed by atoms with E-state index in [-0.39, 0.29) is 25.3 Å². The molecule has 4 amide bonds. The molecular weight excluding hydrogens is 558 g/mol. The SMILES string of the molecule is C#[N+][C@@H]1C[C@@]2(CN1C(=O)[C@H](Cc1ccc(F)cc1)NC(=O)[C@@H](NC(=O)C(F)(F)F)C(C)(C)C)C(=O)Nc1ccccc12. The first-order valence-electron chi connectivity index (χ1n) is 13.1. The van der Waals surface area contributed by atoms with Gasteiger partial charge in [0.15, 0.2) is 0 Å². The van der Waals surface area contributed by atoms with Gasteiger partial charge in [0.05, 0.1) is 6.42 Å². The molecule has 2 aromatic rings. The zero-order valence-corrected chi connectivity index (χ0v) is 23.1. The normalized spacial score (nSPS) is 21.2. The second kappa shape index (κ2) is 11.1. The van der Waals surface area contributed by atoms with E-state index < -0.39 is 58.8 Å². The van der Waals surface area contributed by atoms with Gasteiger partial charge < -0.3 is 16.0 Å². The Kier molecular flexibility index (Phi) is 8.04. The molecule has 0 bridgehead atoms. The smallest absolute Gasteiger partial charge is 0.342 e. The minimum absolute atomic E-state index is 0.0571. The van der Waals surface area contributed by atoms with Gasteiger partial charge in [0, 0.05) is 18.7 Å². The Morgan fingerprint density at radius 2 is 1.74 bits per heavy atom. The van der Waals surface area contributed by atoms with E-state index in [4.69, 9.17) is 6.57 Å². The lowest BCUT2D eigenvalue weighted by Crippen LogP contribution is -2.60. The fourth-order valence-electron chi connectivity index (χ4n) is 5.37. The van der Waals surface area contributed by atoms with Crippen molar-refractivity contribution < 1.29 is 36.7 Å². The summed E-state index contributed by atoms with van der Waals surface area (Å²) in [5.74, 6) is -4.96. The van der Waals surface area contributed by atoms with Crippen LogP contribution in [0.1, 0.15) is 38.3 Å². The molecule has 3 N–H and O–H groups in total. The van der Waals surface area contributed by atoms with Crippen LogP contribution >= 0.6 is 0 Å². The number of hydrogen-bond donors (Lipinski definition) is 3. The number of amides is 4. The monoisotopic (exact) mass is 588 g/mol. The predicted molar refractivity (Wildman–Crippen MR) is 145 cm³/mol. The summed E-state index contributed by atoms with van der Waals surface area (Å²) in [6, 6.07) is 9.00. The van der Waals surface area contributed by atoms with E-state index in [1.54, 1.807) is 29.6 Å². The van der Waals surface area contributed by atoms with Crippen LogP contribution < -0.4 is 16.0 Å². The Balaban J connectivity index is 1.67. The van der Waals surface area contributed by atoms with Crippen LogP contribution in [-0.4, -0.2) is 59.5 Å². The number of halogens is 4. The lowest BCUT2D eigenvalue weighted by Gasteiger charge is -2.32. The van der Waals surface area contributed by atoms with Gasteiger partial charge in [0.1, 0.15) is 23.3 Å². The van der Waals surface area contributed by atoms with Crippen molar-refractivity contribution in [3.8, 4) is 6.57 Å². The standard InChI is InChI=1S/C29H29F4N5O4/c1-27(2,3)22(37-26(42)29(31,32)33)23(39)35-20(13-16-9-11-17(30)12-10-16)24(40)38-15-28(14-21(38)34-4)18-7-5-6-8-19(18)36-25(28)41/h4-12,20-22H,13-15H2,1-3H3,(H2-,35,36,37,39,41,42)/p+1/t20-,21-,22+,28-/m0/s1. The van der Waals surface area contributed by atoms with E-state index in [2.05, 4.69) is 15.5 Å². The predicted octanol–water partition coefficient (Wildman–Crippen LogP) is 3.36. The summed E-state index contributed by atoms with van der Waals surface area (Å²) in [4.78, 5) is 57.4. The number of carbonyl (C=O) groups excluding carboxylic acids is 4. The van der Waals surface area contributed by atoms with Crippen LogP contribution in [0.5, 0.6) is 0 Å². The molecule has 0 aliphatic carbocycles. The van der Waals surface area contributed by atoms with Crippen LogP contribution in [-0.2, 0) is 31.0 Å². The first kappa shape index (κ1) is 30.5. The Morgan fingerprint density at radius 1 is 1.10 bits per heavy atom. The third-order valence-electron chi connectivity index (χ3n) is 7.54. The van der Waals surface area contributed by atoms with Crippen molar-refractivity contribution in [2.24, 2.45) is 5.41 Å². The summed E-state index contributed by atoms with van der Waals surface area (Å²) in [5, 5.41) is 7.01. The molecule has 2 aliphatic rings. The summed E-state index contributed by atoms with van der Waals surface area (Å²) in [5.41, 5.74) is -0.690. The van der Waals surface area contributed by atoms with Gasteiger partial charge in [-0.05, 0) is 34.7 Å². The molecule has 0 saturated carbocycles. The Morgan fingerprint density at radius 3 is 2.33 bits per heavy atom. The molecule has 2 aromatic carbocycles. The molecule has 1 fully saturated rings. The molecule has 1 spiro atoms. The first-order valence-corrected chi connectivity index (χ1v) is 13.1. The minimum atomic E-state index is -5.25. The van der Waals surface area contributed by atoms with E-state index >= 15 is 0 Å². The van der Waals surface area contributed by atoms with Crippen LogP contribution in [0.25, 0.3) is 4.85 Å². The molecule has 42 heavy (non-hydrogen) atoms. The molecule has 1 saturated heterocycles. The van der Waals surface area contributed by atoms with Gasteiger partial charge in [-0.3, -0.25) is 24.1 Å². The van der Waals surface area contributed by atoms with Crippen LogP contribution in [0, 0.1) is 17.8 Å². The Bertz CT molecular complexity index is 1450. The highest BCUT2D eigenvalue weighted by molar-refractivity contribution is 6.07. The van der Waals surface area contributed by atoms with Gasteiger partial charge in [0.25, 0.3) is 12.5 Å². The number of nitrogens with one attached hydrogen (secondary N) is 3. The van der Waals surface area contributed by atoms with E-state index in [1.165, 1.54) is 37.8 Å². The maximum Gasteiger partial charge on any atom is 0.471 e. The second-order valence-corrected chi connectivity index (χ2v) is 11.5. The van der Waals surface area contributed by atoms with Gasteiger partial charge in [0.2, 0.25) is 11.8 Å². The molecule has 0 aromatic heterocycles. The molecule has 2 aliphatic heterocycles. The minimum Gasteiger partial charge on any atom is -0.342 e. The number of nitrogens with zero attached hydrogens (tertiary/aromatic N) is 2. The number of carbonyl (C=O) groups is 4. The van der Waals surface area contributed by atoms with E-state index in [1.807, 2.05) is 0 Å². The van der Waals surface area contributed by atoms with Crippen molar-refractivity contribution in [1.29, 1.82) is 0 Å². The summed E-state index contributed by atoms with van der Waals surface area (Å²) in [6.07, 6.45) is -6.34. The number of para-hydroxylation sites is 1. The summed E-state index contributed by atoms with van der Waals surface area (Å²) >= 11 is 0. The highest BCUT2D eigenvalue weighted by Gasteiger charge is 2.60. The van der Waals surface area contributed by atoms with Crippen molar-refractivity contribution in [2.45, 2.75) is 63.5 Å². The summed E-state index contributed by atoms with van der Waals surface area (Å²) < 4.78 is 52.7. The van der Waals surface area contributed by atoms with Crippen molar-refractivity contribution in [1.82, 2.24) is 15.5 Å². The molecule has 9 nitrogen and oxygen atoms in total. The lowest BCUT2D eigenvalue weighted by atomic mass is 9.80. The molecule has 222 valence electrons. The molecule has 13 heteroatoms. The molecule has 2 heterocycles. The average Bonchev–Trinajstić information content (AvgIpc) is 3.44. The topological polar surface area (TPSA) is 112 Å². The van der Waals surface area contributed by atoms with E-state index in [0.29, 0.717) is 16.8 Å². The molecule has 4 rings (SSSR count). The fourth-order valence-corrected chi connectivity index (χ4v) is 5.37. The lowest BCUT2D eigenvalue weighted by molar-refractivity contribution is -0.175. The quantitative estimate of drug-likeness (QED) is 0.450. The van der Waals surface area contributed by atoms with Crippen LogP contribution in [0.2, 0.25) is 0 Å². The molecule has 0 unspecified atom stereocenters. The third kappa shape index (κ3) is 5.93. The number of alkyl halides is 3. The number of anilines is 1. The van der Waals surface area contributed by atoms with Crippen molar-refractivity contribution >= 4 is 29.3 Å². The highest BCUT2D eigenvalue weighted by Crippen LogP contribution is 2.46. The molecule has 4 atom stereocenters. The van der Waals surface area contributed by atoms with Crippen LogP contribution in [0.4, 0.5) is 23.2 Å². The van der Waals surface area contributed by atoms with Gasteiger partial charge in [-0.15, -0.1) is 0 Å². The van der Waals surface area contributed by atoms with E-state index in [9.17, 15) is 36.7 Å². The van der Waals surface area contributed by atoms with Crippen molar-refractivity contribution in [2.75, 3.05) is 11.9 Å². The fraction of sp³-hybridized carbons (Fsp3) is 0.414. The summed E-state index contributed by atoms with van der Waals surface area (Å²) in [6.45, 7) is 9.89. The Hall–Kier alpha value is -4.47. The number of rotatable bonds is 6. The first-order chi connectivity index (χ1) is 19.6. The van der Waals surface area contributed by atoms with Gasteiger partial charge in [-0.2, -0.15) is 13.2 Å². The maximum atomic E-state index is 14.1. The van der Waals surface area contributed by atoms with Gasteiger partial charge in [-0.1, -0.05) is 55.9 Å². The number of fused-ring (bicyclic) bond motifs is 2. The number of likely N-dealkylation sites (tertiary alicyclic amines) is 1. The van der Waals surface area contributed by atoms with E-state index in [0.717, 1.165) is 12.1 Å². The van der Waals surface area contributed by atoms with Crippen LogP contribution in [0.15, 0.2) is 48.5 Å². The number of hydrogen-bond acceptors (Lipinski definition) is 4. The third-order valence-corrected chi connectivity index (χ3v) is 7.54. The van der Waals surface area contributed by atoms with Crippen LogP contribution in [0.3, 0.4) is 0 Å². The summed E-state index contributed by atoms with van der Waals surface area (Å²) in [7, 11) is 0. The average molecular weight is 589 g/mol. The van der Waals surface area contributed by atoms with Crippen molar-refractivity contribution in [3.05, 3.63) is 70.3 Å². The molecular formula is C29H30F4N5O4+. The largest absolute Gasteiger partial charge is 0.471 e. The zero-order chi connectivity index (χ0) is 31.0. The highest BCUT2D eigenvalue weighted by atomic mass is 19.4. The van der Waals surface area contributed by atoms with Gasteiger partial charge >= 0.3 is 18.2 Å².